The van der Waals surface area contributed by atoms with Crippen LogP contribution >= 0.6 is 0 Å². The minimum atomic E-state index is -0.177. The number of nitrogens with zero attached hydrogens (tertiary/aromatic N) is 3. The number of ether oxygens (including phenoxy) is 1. The lowest BCUT2D eigenvalue weighted by molar-refractivity contribution is 0.0947. The quantitative estimate of drug-likeness (QED) is 0.818. The van der Waals surface area contributed by atoms with Gasteiger partial charge in [-0.15, -0.1) is 0 Å². The fourth-order valence-electron chi connectivity index (χ4n) is 2.62. The van der Waals surface area contributed by atoms with Gasteiger partial charge in [-0.3, -0.25) is 4.79 Å². The second kappa shape index (κ2) is 8.40. The summed E-state index contributed by atoms with van der Waals surface area (Å²) in [5, 5.41) is 2.89. The fourth-order valence-corrected chi connectivity index (χ4v) is 2.62. The van der Waals surface area contributed by atoms with E-state index in [4.69, 9.17) is 4.74 Å². The van der Waals surface area contributed by atoms with E-state index in [0.717, 1.165) is 31.7 Å². The number of carbonyl (C=O) groups excluding carboxylic acids is 1. The van der Waals surface area contributed by atoms with Gasteiger partial charge >= 0.3 is 0 Å². The van der Waals surface area contributed by atoms with Crippen molar-refractivity contribution in [2.24, 2.45) is 0 Å². The third-order valence-corrected chi connectivity index (χ3v) is 3.98. The molecule has 1 saturated heterocycles. The van der Waals surface area contributed by atoms with E-state index in [2.05, 4.69) is 32.3 Å². The summed E-state index contributed by atoms with van der Waals surface area (Å²) in [5.74, 6) is 0.614. The van der Waals surface area contributed by atoms with Crippen LogP contribution in [-0.4, -0.2) is 48.7 Å². The zero-order valence-electron chi connectivity index (χ0n) is 13.6. The van der Waals surface area contributed by atoms with Crippen molar-refractivity contribution in [2.75, 3.05) is 37.7 Å². The van der Waals surface area contributed by atoms with Crippen LogP contribution in [0.1, 0.15) is 22.5 Å². The Morgan fingerprint density at radius 3 is 2.62 bits per heavy atom. The molecule has 6 nitrogen and oxygen atoms in total. The van der Waals surface area contributed by atoms with Crippen LogP contribution in [0.4, 0.5) is 5.82 Å². The lowest BCUT2D eigenvalue weighted by atomic mass is 10.1. The smallest absolute Gasteiger partial charge is 0.271 e. The van der Waals surface area contributed by atoms with Gasteiger partial charge in [-0.1, -0.05) is 30.3 Å². The molecule has 3 rings (SSSR count). The van der Waals surface area contributed by atoms with Gasteiger partial charge < -0.3 is 15.0 Å². The Bertz CT molecular complexity index is 640. The molecule has 1 N–H and O–H groups in total. The molecule has 0 unspecified atom stereocenters. The van der Waals surface area contributed by atoms with E-state index in [1.54, 1.807) is 6.20 Å². The number of amides is 1. The Balaban J connectivity index is 1.44. The van der Waals surface area contributed by atoms with E-state index in [9.17, 15) is 4.79 Å². The summed E-state index contributed by atoms with van der Waals surface area (Å²) >= 11 is 0. The maximum atomic E-state index is 12.1. The fraction of sp³-hybridized carbons (Fsp3) is 0.389. The zero-order chi connectivity index (χ0) is 16.6. The van der Waals surface area contributed by atoms with Crippen molar-refractivity contribution >= 4 is 11.7 Å². The number of rotatable bonds is 6. The number of hydrogen-bond donors (Lipinski definition) is 1. The first-order chi connectivity index (χ1) is 11.8. The molecule has 24 heavy (non-hydrogen) atoms. The Labute approximate surface area is 141 Å². The monoisotopic (exact) mass is 326 g/mol. The predicted molar refractivity (Wildman–Crippen MR) is 92.2 cm³/mol. The second-order valence-corrected chi connectivity index (χ2v) is 5.70. The van der Waals surface area contributed by atoms with E-state index in [1.807, 2.05) is 18.2 Å². The Morgan fingerprint density at radius 2 is 1.92 bits per heavy atom. The van der Waals surface area contributed by atoms with Gasteiger partial charge in [-0.2, -0.15) is 0 Å². The van der Waals surface area contributed by atoms with Gasteiger partial charge in [0.15, 0.2) is 0 Å². The maximum absolute atomic E-state index is 12.1. The van der Waals surface area contributed by atoms with Gasteiger partial charge in [0.25, 0.3) is 5.91 Å². The number of anilines is 1. The molecule has 126 valence electrons. The number of hydrogen-bond acceptors (Lipinski definition) is 5. The van der Waals surface area contributed by atoms with E-state index in [-0.39, 0.29) is 5.91 Å². The minimum Gasteiger partial charge on any atom is -0.378 e. The molecule has 1 aliphatic rings. The van der Waals surface area contributed by atoms with Gasteiger partial charge in [0.1, 0.15) is 11.5 Å². The molecule has 0 bridgehead atoms. The molecule has 2 aromatic rings. The molecule has 1 aliphatic heterocycles. The van der Waals surface area contributed by atoms with E-state index >= 15 is 0 Å². The van der Waals surface area contributed by atoms with E-state index in [0.29, 0.717) is 25.5 Å². The summed E-state index contributed by atoms with van der Waals surface area (Å²) in [7, 11) is 0. The predicted octanol–water partition coefficient (Wildman–Crippen LogP) is 1.68. The van der Waals surface area contributed by atoms with Gasteiger partial charge in [0.05, 0.1) is 25.6 Å². The van der Waals surface area contributed by atoms with Crippen LogP contribution in [0.25, 0.3) is 0 Å². The van der Waals surface area contributed by atoms with Crippen molar-refractivity contribution in [3.8, 4) is 0 Å². The molecule has 0 saturated carbocycles. The average Bonchev–Trinajstić information content (AvgIpc) is 2.67. The summed E-state index contributed by atoms with van der Waals surface area (Å²) in [6.07, 6.45) is 5.04. The van der Waals surface area contributed by atoms with Gasteiger partial charge in [-0.25, -0.2) is 9.97 Å². The highest BCUT2D eigenvalue weighted by Crippen LogP contribution is 2.11. The van der Waals surface area contributed by atoms with Crippen molar-refractivity contribution in [3.05, 3.63) is 54.0 Å². The number of benzene rings is 1. The first kappa shape index (κ1) is 16.4. The Hall–Kier alpha value is -2.47. The highest BCUT2D eigenvalue weighted by molar-refractivity contribution is 5.91. The Kier molecular flexibility index (Phi) is 5.74. The number of carbonyl (C=O) groups is 1. The molecule has 0 atom stereocenters. The molecule has 6 heteroatoms. The van der Waals surface area contributed by atoms with Crippen molar-refractivity contribution in [1.29, 1.82) is 0 Å². The first-order valence-corrected chi connectivity index (χ1v) is 8.30. The van der Waals surface area contributed by atoms with Crippen LogP contribution in [0.15, 0.2) is 42.7 Å². The van der Waals surface area contributed by atoms with Crippen molar-refractivity contribution < 1.29 is 9.53 Å². The molecule has 0 aliphatic carbocycles. The largest absolute Gasteiger partial charge is 0.378 e. The Morgan fingerprint density at radius 1 is 1.12 bits per heavy atom. The first-order valence-electron chi connectivity index (χ1n) is 8.30. The SMILES string of the molecule is O=C(NCCCc1ccccc1)c1cnc(N2CCOCC2)cn1. The number of nitrogens with one attached hydrogen (secondary N) is 1. The molecule has 0 spiro atoms. The maximum Gasteiger partial charge on any atom is 0.271 e. The van der Waals surface area contributed by atoms with E-state index in [1.165, 1.54) is 11.8 Å². The van der Waals surface area contributed by atoms with Crippen LogP contribution in [0.5, 0.6) is 0 Å². The number of aromatic nitrogens is 2. The second-order valence-electron chi connectivity index (χ2n) is 5.70. The topological polar surface area (TPSA) is 67.4 Å². The third-order valence-electron chi connectivity index (χ3n) is 3.98. The highest BCUT2D eigenvalue weighted by atomic mass is 16.5. The average molecular weight is 326 g/mol. The summed E-state index contributed by atoms with van der Waals surface area (Å²) in [6, 6.07) is 10.2. The third kappa shape index (κ3) is 4.52. The summed E-state index contributed by atoms with van der Waals surface area (Å²) < 4.78 is 5.32. The molecular formula is C18H22N4O2. The normalized spacial score (nSPS) is 14.4. The molecule has 1 amide bonds. The van der Waals surface area contributed by atoms with Gasteiger partial charge in [0.2, 0.25) is 0 Å². The standard InChI is InChI=1S/C18H22N4O2/c23-18(19-8-4-7-15-5-2-1-3-6-15)16-13-21-17(14-20-16)22-9-11-24-12-10-22/h1-3,5-6,13-14H,4,7-12H2,(H,19,23). The van der Waals surface area contributed by atoms with Crippen LogP contribution in [0.3, 0.4) is 0 Å². The molecule has 2 heterocycles. The summed E-state index contributed by atoms with van der Waals surface area (Å²) in [4.78, 5) is 22.8. The number of morpholine rings is 1. The zero-order valence-corrected chi connectivity index (χ0v) is 13.6. The van der Waals surface area contributed by atoms with Crippen molar-refractivity contribution in [1.82, 2.24) is 15.3 Å². The van der Waals surface area contributed by atoms with Crippen molar-refractivity contribution in [2.45, 2.75) is 12.8 Å². The lowest BCUT2D eigenvalue weighted by Gasteiger charge is -2.27. The van der Waals surface area contributed by atoms with Crippen LogP contribution < -0.4 is 10.2 Å². The van der Waals surface area contributed by atoms with Gasteiger partial charge in [0, 0.05) is 19.6 Å². The highest BCUT2D eigenvalue weighted by Gasteiger charge is 2.14. The minimum absolute atomic E-state index is 0.177. The summed E-state index contributed by atoms with van der Waals surface area (Å²) in [6.45, 7) is 3.64. The number of aryl methyl sites for hydroxylation is 1. The summed E-state index contributed by atoms with van der Waals surface area (Å²) in [5.41, 5.74) is 1.63. The van der Waals surface area contributed by atoms with Gasteiger partial charge in [-0.05, 0) is 18.4 Å². The lowest BCUT2D eigenvalue weighted by Crippen LogP contribution is -2.37. The van der Waals surface area contributed by atoms with E-state index < -0.39 is 0 Å². The molecular weight excluding hydrogens is 304 g/mol. The van der Waals surface area contributed by atoms with Crippen LogP contribution in [-0.2, 0) is 11.2 Å². The molecule has 0 radical (unpaired) electrons. The molecule has 1 aromatic heterocycles. The molecule has 1 fully saturated rings. The van der Waals surface area contributed by atoms with Crippen LogP contribution in [0.2, 0.25) is 0 Å². The van der Waals surface area contributed by atoms with Crippen LogP contribution in [0, 0.1) is 0 Å². The molecule has 1 aromatic carbocycles. The van der Waals surface area contributed by atoms with Crippen molar-refractivity contribution in [3.63, 3.8) is 0 Å².